The molecule has 3 aromatic rings. The van der Waals surface area contributed by atoms with Crippen LogP contribution in [0.3, 0.4) is 0 Å². The molecule has 0 saturated carbocycles. The van der Waals surface area contributed by atoms with Crippen molar-refractivity contribution in [2.75, 3.05) is 13.2 Å². The van der Waals surface area contributed by atoms with Gasteiger partial charge >= 0.3 is 0 Å². The summed E-state index contributed by atoms with van der Waals surface area (Å²) in [7, 11) is 0. The van der Waals surface area contributed by atoms with Gasteiger partial charge in [0.05, 0.1) is 17.5 Å². The fourth-order valence-electron chi connectivity index (χ4n) is 3.71. The van der Waals surface area contributed by atoms with Gasteiger partial charge in [-0.05, 0) is 44.5 Å². The summed E-state index contributed by atoms with van der Waals surface area (Å²) in [5, 5.41) is 10.5. The van der Waals surface area contributed by atoms with Crippen LogP contribution in [0, 0.1) is 0 Å². The molecule has 1 aromatic heterocycles. The summed E-state index contributed by atoms with van der Waals surface area (Å²) in [4.78, 5) is 17.7. The van der Waals surface area contributed by atoms with Gasteiger partial charge in [-0.3, -0.25) is 9.36 Å². The van der Waals surface area contributed by atoms with Crippen LogP contribution in [0.15, 0.2) is 46.3 Å². The third kappa shape index (κ3) is 4.18. The van der Waals surface area contributed by atoms with E-state index in [-0.39, 0.29) is 18.3 Å². The summed E-state index contributed by atoms with van der Waals surface area (Å²) in [6, 6.07) is 11.5. The van der Waals surface area contributed by atoms with Crippen LogP contribution < -0.4 is 15.0 Å². The fourth-order valence-corrected chi connectivity index (χ4v) is 4.71. The summed E-state index contributed by atoms with van der Waals surface area (Å²) in [5.74, 6) is 2.36. The molecule has 0 saturated heterocycles. The quantitative estimate of drug-likeness (QED) is 0.436. The highest BCUT2D eigenvalue weighted by Gasteiger charge is 2.22. The zero-order chi connectivity index (χ0) is 21.1. The van der Waals surface area contributed by atoms with Crippen LogP contribution in [0.5, 0.6) is 11.5 Å². The Kier molecular flexibility index (Phi) is 6.29. The Hall–Kier alpha value is -2.51. The highest BCUT2D eigenvalue weighted by Crippen LogP contribution is 2.37. The van der Waals surface area contributed by atoms with Crippen LogP contribution in [-0.2, 0) is 18.7 Å². The molecule has 158 valence electrons. The molecule has 4 rings (SSSR count). The molecule has 1 atom stereocenters. The molecule has 0 amide bonds. The van der Waals surface area contributed by atoms with E-state index in [1.54, 1.807) is 10.6 Å². The maximum Gasteiger partial charge on any atom is 0.262 e. The van der Waals surface area contributed by atoms with E-state index in [2.05, 4.69) is 13.0 Å². The first-order chi connectivity index (χ1) is 14.6. The molecule has 6 nitrogen and oxygen atoms in total. The maximum absolute atomic E-state index is 13.0. The minimum atomic E-state index is -0.0762. The molecule has 1 aliphatic heterocycles. The SMILES string of the molecule is CCOc1cc2c(cc1CSc1nc3ccccc3c(=O)n1CCCO)OC(C)C2. The van der Waals surface area contributed by atoms with E-state index in [9.17, 15) is 9.90 Å². The van der Waals surface area contributed by atoms with Gasteiger partial charge in [-0.15, -0.1) is 0 Å². The summed E-state index contributed by atoms with van der Waals surface area (Å²) in [5.41, 5.74) is 2.79. The lowest BCUT2D eigenvalue weighted by molar-refractivity contribution is 0.254. The molecule has 30 heavy (non-hydrogen) atoms. The Morgan fingerprint density at radius 3 is 2.97 bits per heavy atom. The van der Waals surface area contributed by atoms with Crippen molar-refractivity contribution in [1.29, 1.82) is 0 Å². The second-order valence-electron chi connectivity index (χ2n) is 7.37. The first-order valence-electron chi connectivity index (χ1n) is 10.3. The molecule has 2 heterocycles. The highest BCUT2D eigenvalue weighted by molar-refractivity contribution is 7.98. The largest absolute Gasteiger partial charge is 0.494 e. The number of rotatable bonds is 8. The van der Waals surface area contributed by atoms with E-state index in [1.807, 2.05) is 31.2 Å². The van der Waals surface area contributed by atoms with Gasteiger partial charge in [0.15, 0.2) is 5.16 Å². The Morgan fingerprint density at radius 2 is 2.17 bits per heavy atom. The van der Waals surface area contributed by atoms with Crippen molar-refractivity contribution in [3.63, 3.8) is 0 Å². The number of benzene rings is 2. The monoisotopic (exact) mass is 426 g/mol. The Morgan fingerprint density at radius 1 is 1.33 bits per heavy atom. The van der Waals surface area contributed by atoms with Gasteiger partial charge in [-0.2, -0.15) is 0 Å². The number of fused-ring (bicyclic) bond motifs is 2. The van der Waals surface area contributed by atoms with Gasteiger partial charge in [0.25, 0.3) is 5.56 Å². The van der Waals surface area contributed by atoms with E-state index in [0.717, 1.165) is 23.5 Å². The molecule has 0 bridgehead atoms. The van der Waals surface area contributed by atoms with Gasteiger partial charge in [0.1, 0.15) is 17.6 Å². The normalized spacial score (nSPS) is 15.2. The summed E-state index contributed by atoms with van der Waals surface area (Å²) >= 11 is 1.50. The average molecular weight is 427 g/mol. The Bertz CT molecular complexity index is 1110. The predicted octanol–water partition coefficient (Wildman–Crippen LogP) is 3.79. The Balaban J connectivity index is 1.68. The lowest BCUT2D eigenvalue weighted by atomic mass is 10.1. The molecular formula is C23H26N2O4S. The number of aliphatic hydroxyl groups excluding tert-OH is 1. The first kappa shape index (κ1) is 20.8. The lowest BCUT2D eigenvalue weighted by Gasteiger charge is -2.15. The molecule has 0 aliphatic carbocycles. The van der Waals surface area contributed by atoms with Crippen LogP contribution in [0.1, 0.15) is 31.4 Å². The standard InChI is InChI=1S/C23H26N2O4S/c1-3-28-20-12-16-11-15(2)29-21(16)13-17(20)14-30-23-24-19-8-5-4-7-18(19)22(27)25(23)9-6-10-26/h4-5,7-8,12-13,15,26H,3,6,9-11,14H2,1-2H3. The second kappa shape index (κ2) is 9.10. The topological polar surface area (TPSA) is 73.6 Å². The van der Waals surface area contributed by atoms with Crippen molar-refractivity contribution >= 4 is 22.7 Å². The molecule has 1 N–H and O–H groups in total. The zero-order valence-electron chi connectivity index (χ0n) is 17.3. The molecule has 1 unspecified atom stereocenters. The maximum atomic E-state index is 13.0. The number of hydrogen-bond donors (Lipinski definition) is 1. The zero-order valence-corrected chi connectivity index (χ0v) is 18.1. The highest BCUT2D eigenvalue weighted by atomic mass is 32.2. The molecular weight excluding hydrogens is 400 g/mol. The number of para-hydroxylation sites is 1. The molecule has 0 radical (unpaired) electrons. The number of ether oxygens (including phenoxy) is 2. The van der Waals surface area contributed by atoms with Gasteiger partial charge in [-0.1, -0.05) is 23.9 Å². The molecule has 0 fully saturated rings. The van der Waals surface area contributed by atoms with E-state index in [4.69, 9.17) is 14.5 Å². The van der Waals surface area contributed by atoms with Crippen LogP contribution in [0.4, 0.5) is 0 Å². The minimum absolute atomic E-state index is 0.0260. The van der Waals surface area contributed by atoms with E-state index in [1.165, 1.54) is 17.3 Å². The van der Waals surface area contributed by atoms with E-state index < -0.39 is 0 Å². The van der Waals surface area contributed by atoms with E-state index in [0.29, 0.717) is 41.4 Å². The molecule has 1 aliphatic rings. The number of thioether (sulfide) groups is 1. The van der Waals surface area contributed by atoms with Crippen molar-refractivity contribution < 1.29 is 14.6 Å². The minimum Gasteiger partial charge on any atom is -0.494 e. The van der Waals surface area contributed by atoms with Crippen molar-refractivity contribution in [2.45, 2.75) is 50.2 Å². The second-order valence-corrected chi connectivity index (χ2v) is 8.31. The van der Waals surface area contributed by atoms with Crippen molar-refractivity contribution in [3.05, 3.63) is 57.9 Å². The van der Waals surface area contributed by atoms with Gasteiger partial charge < -0.3 is 14.6 Å². The van der Waals surface area contributed by atoms with Crippen LogP contribution >= 0.6 is 11.8 Å². The van der Waals surface area contributed by atoms with Crippen molar-refractivity contribution in [1.82, 2.24) is 9.55 Å². The number of aromatic nitrogens is 2. The molecule has 7 heteroatoms. The smallest absolute Gasteiger partial charge is 0.262 e. The molecule has 0 spiro atoms. The van der Waals surface area contributed by atoms with Crippen molar-refractivity contribution in [3.8, 4) is 11.5 Å². The number of hydrogen-bond acceptors (Lipinski definition) is 6. The summed E-state index contributed by atoms with van der Waals surface area (Å²) in [6.07, 6.45) is 1.56. The fraction of sp³-hybridized carbons (Fsp3) is 0.391. The van der Waals surface area contributed by atoms with Crippen LogP contribution in [-0.4, -0.2) is 34.0 Å². The predicted molar refractivity (Wildman–Crippen MR) is 119 cm³/mol. The number of nitrogens with zero attached hydrogens (tertiary/aromatic N) is 2. The third-order valence-electron chi connectivity index (χ3n) is 5.10. The average Bonchev–Trinajstić information content (AvgIpc) is 3.10. The van der Waals surface area contributed by atoms with Gasteiger partial charge in [-0.25, -0.2) is 4.98 Å². The van der Waals surface area contributed by atoms with Crippen LogP contribution in [0.25, 0.3) is 10.9 Å². The number of aliphatic hydroxyl groups is 1. The van der Waals surface area contributed by atoms with Crippen LogP contribution in [0.2, 0.25) is 0 Å². The van der Waals surface area contributed by atoms with E-state index >= 15 is 0 Å². The first-order valence-corrected chi connectivity index (χ1v) is 11.3. The summed E-state index contributed by atoms with van der Waals surface area (Å²) < 4.78 is 13.5. The molecule has 2 aromatic carbocycles. The van der Waals surface area contributed by atoms with Gasteiger partial charge in [0, 0.05) is 36.5 Å². The van der Waals surface area contributed by atoms with Crippen molar-refractivity contribution in [2.24, 2.45) is 0 Å². The van der Waals surface area contributed by atoms with Gasteiger partial charge in [0.2, 0.25) is 0 Å². The lowest BCUT2D eigenvalue weighted by Crippen LogP contribution is -2.24. The summed E-state index contributed by atoms with van der Waals surface area (Å²) in [6.45, 7) is 5.08. The Labute approximate surface area is 179 Å². The third-order valence-corrected chi connectivity index (χ3v) is 6.13.